The van der Waals surface area contributed by atoms with Crippen LogP contribution in [0.5, 0.6) is 0 Å². The lowest BCUT2D eigenvalue weighted by Gasteiger charge is -2.57. The van der Waals surface area contributed by atoms with Gasteiger partial charge < -0.3 is 0 Å². The molecule has 0 spiro atoms. The highest BCUT2D eigenvalue weighted by Crippen LogP contribution is 2.66. The van der Waals surface area contributed by atoms with Gasteiger partial charge in [-0.1, -0.05) is 43.6 Å². The fourth-order valence-corrected chi connectivity index (χ4v) is 6.98. The molecule has 4 rings (SSSR count). The molecule has 0 heteroatoms. The molecule has 0 radical (unpaired) electrons. The quantitative estimate of drug-likeness (QED) is 0.446. The third kappa shape index (κ3) is 1.82. The van der Waals surface area contributed by atoms with E-state index in [1.807, 2.05) is 5.57 Å². The van der Waals surface area contributed by atoms with E-state index in [-0.39, 0.29) is 0 Å². The number of fused-ring (bicyclic) bond motifs is 5. The van der Waals surface area contributed by atoms with Crippen LogP contribution in [-0.4, -0.2) is 0 Å². The summed E-state index contributed by atoms with van der Waals surface area (Å²) in [7, 11) is 0. The van der Waals surface area contributed by atoms with E-state index in [0.29, 0.717) is 10.8 Å². The molecule has 122 valence electrons. The molecule has 0 aliphatic heterocycles. The van der Waals surface area contributed by atoms with E-state index in [4.69, 9.17) is 0 Å². The zero-order valence-corrected chi connectivity index (χ0v) is 15.3. The van der Waals surface area contributed by atoms with Crippen LogP contribution in [0.3, 0.4) is 0 Å². The van der Waals surface area contributed by atoms with Crippen LogP contribution in [0, 0.1) is 34.5 Å². The topological polar surface area (TPSA) is 0 Å². The Kier molecular flexibility index (Phi) is 3.24. The lowest BCUT2D eigenvalue weighted by Crippen LogP contribution is -2.49. The van der Waals surface area contributed by atoms with Crippen molar-refractivity contribution in [3.63, 3.8) is 0 Å². The lowest BCUT2D eigenvalue weighted by atomic mass is 9.47. The molecule has 6 unspecified atom stereocenters. The van der Waals surface area contributed by atoms with Crippen LogP contribution >= 0.6 is 0 Å². The molecule has 4 aliphatic rings. The van der Waals surface area contributed by atoms with Crippen molar-refractivity contribution in [3.05, 3.63) is 22.8 Å². The summed E-state index contributed by atoms with van der Waals surface area (Å²) in [6.07, 6.45) is 12.7. The molecule has 0 N–H and O–H groups in total. The molecule has 0 amide bonds. The molecule has 0 aromatic rings. The Hall–Kier alpha value is -0.520. The van der Waals surface area contributed by atoms with Crippen molar-refractivity contribution in [1.82, 2.24) is 0 Å². The molecule has 0 bridgehead atoms. The first kappa shape index (κ1) is 15.0. The van der Waals surface area contributed by atoms with Crippen molar-refractivity contribution in [2.24, 2.45) is 34.5 Å². The Morgan fingerprint density at radius 2 is 1.68 bits per heavy atom. The molecule has 2 saturated carbocycles. The van der Waals surface area contributed by atoms with Crippen molar-refractivity contribution in [2.45, 2.75) is 79.6 Å². The van der Waals surface area contributed by atoms with Crippen molar-refractivity contribution in [3.8, 4) is 0 Å². The van der Waals surface area contributed by atoms with Gasteiger partial charge in [-0.2, -0.15) is 0 Å². The van der Waals surface area contributed by atoms with E-state index in [2.05, 4.69) is 40.7 Å². The fourth-order valence-electron chi connectivity index (χ4n) is 6.98. The minimum atomic E-state index is 0.523. The Balaban J connectivity index is 1.69. The zero-order chi connectivity index (χ0) is 15.7. The fraction of sp³-hybridized carbons (Fsp3) is 0.818. The van der Waals surface area contributed by atoms with Crippen molar-refractivity contribution in [2.75, 3.05) is 0 Å². The standard InChI is InChI=1S/C22H34/c1-14-8-10-22(5)17(12-14)6-7-18-19(22)9-11-21(4)16(3)15(2)13-20(18)21/h6,14,18-20H,7-13H2,1-5H3. The number of rotatable bonds is 0. The largest absolute Gasteiger partial charge is 0.0845 e. The van der Waals surface area contributed by atoms with Crippen LogP contribution in [0.4, 0.5) is 0 Å². The highest BCUT2D eigenvalue weighted by atomic mass is 14.6. The summed E-state index contributed by atoms with van der Waals surface area (Å²) < 4.78 is 0. The van der Waals surface area contributed by atoms with Gasteiger partial charge in [0.1, 0.15) is 0 Å². The number of allylic oxidation sites excluding steroid dienone is 4. The average molecular weight is 299 g/mol. The third-order valence-electron chi connectivity index (χ3n) is 8.76. The van der Waals surface area contributed by atoms with Gasteiger partial charge in [-0.15, -0.1) is 0 Å². The number of hydrogen-bond acceptors (Lipinski definition) is 0. The monoisotopic (exact) mass is 298 g/mol. The zero-order valence-electron chi connectivity index (χ0n) is 15.3. The van der Waals surface area contributed by atoms with Gasteiger partial charge in [0.15, 0.2) is 0 Å². The van der Waals surface area contributed by atoms with E-state index in [1.165, 1.54) is 44.9 Å². The Bertz CT molecular complexity index is 550. The van der Waals surface area contributed by atoms with E-state index in [1.54, 1.807) is 11.1 Å². The minimum absolute atomic E-state index is 0.523. The van der Waals surface area contributed by atoms with E-state index in [9.17, 15) is 0 Å². The van der Waals surface area contributed by atoms with E-state index >= 15 is 0 Å². The minimum Gasteiger partial charge on any atom is -0.0845 e. The highest BCUT2D eigenvalue weighted by molar-refractivity contribution is 5.32. The summed E-state index contributed by atoms with van der Waals surface area (Å²) in [5.74, 6) is 3.77. The molecule has 0 aromatic carbocycles. The Labute approximate surface area is 137 Å². The SMILES string of the molecule is CC1=C(C)C2(C)CCC3C(CC=C4CC(C)CCC43C)C2C1. The molecule has 0 saturated heterocycles. The van der Waals surface area contributed by atoms with Crippen LogP contribution in [0.15, 0.2) is 22.8 Å². The molecule has 2 fully saturated rings. The van der Waals surface area contributed by atoms with Crippen molar-refractivity contribution < 1.29 is 0 Å². The Morgan fingerprint density at radius 3 is 2.45 bits per heavy atom. The van der Waals surface area contributed by atoms with Gasteiger partial charge in [0.05, 0.1) is 0 Å². The summed E-state index contributed by atoms with van der Waals surface area (Å²) in [5, 5.41) is 0. The first-order valence-corrected chi connectivity index (χ1v) is 9.72. The molecule has 22 heavy (non-hydrogen) atoms. The predicted octanol–water partition coefficient (Wildman–Crippen LogP) is 6.53. The van der Waals surface area contributed by atoms with Crippen LogP contribution in [0.2, 0.25) is 0 Å². The third-order valence-corrected chi connectivity index (χ3v) is 8.76. The molecule has 4 aliphatic carbocycles. The first-order valence-electron chi connectivity index (χ1n) is 9.72. The van der Waals surface area contributed by atoms with E-state index in [0.717, 1.165) is 23.7 Å². The van der Waals surface area contributed by atoms with Gasteiger partial charge in [-0.3, -0.25) is 0 Å². The average Bonchev–Trinajstić information content (AvgIpc) is 2.72. The van der Waals surface area contributed by atoms with Crippen LogP contribution in [0.1, 0.15) is 79.6 Å². The van der Waals surface area contributed by atoms with Gasteiger partial charge in [0.25, 0.3) is 0 Å². The maximum Gasteiger partial charge on any atom is -0.00823 e. The lowest BCUT2D eigenvalue weighted by molar-refractivity contribution is -0.0205. The van der Waals surface area contributed by atoms with E-state index < -0.39 is 0 Å². The molecule has 0 nitrogen and oxygen atoms in total. The van der Waals surface area contributed by atoms with Crippen LogP contribution in [-0.2, 0) is 0 Å². The normalized spacial score (nSPS) is 51.0. The Morgan fingerprint density at radius 1 is 0.955 bits per heavy atom. The molecule has 6 atom stereocenters. The second-order valence-electron chi connectivity index (χ2n) is 9.67. The van der Waals surface area contributed by atoms with Gasteiger partial charge in [-0.05, 0) is 93.3 Å². The second-order valence-corrected chi connectivity index (χ2v) is 9.67. The van der Waals surface area contributed by atoms with Crippen LogP contribution in [0.25, 0.3) is 0 Å². The van der Waals surface area contributed by atoms with Gasteiger partial charge in [0.2, 0.25) is 0 Å². The molecular formula is C22H34. The summed E-state index contributed by atoms with van der Waals surface area (Å²) in [6, 6.07) is 0. The highest BCUT2D eigenvalue weighted by Gasteiger charge is 2.56. The van der Waals surface area contributed by atoms with Gasteiger partial charge in [0, 0.05) is 0 Å². The maximum absolute atomic E-state index is 2.70. The predicted molar refractivity (Wildman–Crippen MR) is 94.6 cm³/mol. The van der Waals surface area contributed by atoms with Crippen LogP contribution < -0.4 is 0 Å². The van der Waals surface area contributed by atoms with Gasteiger partial charge >= 0.3 is 0 Å². The molecular weight excluding hydrogens is 264 g/mol. The smallest absolute Gasteiger partial charge is 0.00823 e. The van der Waals surface area contributed by atoms with Gasteiger partial charge in [-0.25, -0.2) is 0 Å². The molecule has 0 aromatic heterocycles. The summed E-state index contributed by atoms with van der Waals surface area (Å²) >= 11 is 0. The second kappa shape index (κ2) is 4.74. The first-order chi connectivity index (χ1) is 10.4. The summed E-state index contributed by atoms with van der Waals surface area (Å²) in [6.45, 7) is 12.5. The summed E-state index contributed by atoms with van der Waals surface area (Å²) in [5.41, 5.74) is 6.37. The molecule has 0 heterocycles. The van der Waals surface area contributed by atoms with Crippen molar-refractivity contribution >= 4 is 0 Å². The number of hydrogen-bond donors (Lipinski definition) is 0. The summed E-state index contributed by atoms with van der Waals surface area (Å²) in [4.78, 5) is 0. The van der Waals surface area contributed by atoms with Crippen molar-refractivity contribution in [1.29, 1.82) is 0 Å². The maximum atomic E-state index is 2.70.